The van der Waals surface area contributed by atoms with Gasteiger partial charge in [0.2, 0.25) is 0 Å². The molecule has 0 radical (unpaired) electrons. The molecule has 1 unspecified atom stereocenters. The number of fused-ring (bicyclic) bond motifs is 1. The fourth-order valence-corrected chi connectivity index (χ4v) is 4.38. The molecule has 0 spiro atoms. The van der Waals surface area contributed by atoms with Crippen molar-refractivity contribution in [3.8, 4) is 22.5 Å². The van der Waals surface area contributed by atoms with Crippen molar-refractivity contribution in [2.45, 2.75) is 33.8 Å². The summed E-state index contributed by atoms with van der Waals surface area (Å²) >= 11 is 0. The summed E-state index contributed by atoms with van der Waals surface area (Å²) in [6.07, 6.45) is -1.16. The van der Waals surface area contributed by atoms with E-state index in [1.165, 1.54) is 25.1 Å². The number of nitro benzene ring substituents is 1. The van der Waals surface area contributed by atoms with E-state index in [1.54, 1.807) is 25.1 Å². The van der Waals surface area contributed by atoms with E-state index in [9.17, 15) is 19.7 Å². The number of nitro groups is 1. The topological polar surface area (TPSA) is 124 Å². The lowest BCUT2D eigenvalue weighted by Crippen LogP contribution is -2.30. The first-order valence-corrected chi connectivity index (χ1v) is 13.3. The van der Waals surface area contributed by atoms with Gasteiger partial charge in [-0.05, 0) is 51.5 Å². The van der Waals surface area contributed by atoms with Gasteiger partial charge in [0.1, 0.15) is 0 Å². The van der Waals surface area contributed by atoms with Crippen molar-refractivity contribution in [2.24, 2.45) is 0 Å². The number of non-ortho nitro benzene ring substituents is 1. The summed E-state index contributed by atoms with van der Waals surface area (Å²) in [6.45, 7) is 7.18. The van der Waals surface area contributed by atoms with E-state index in [-0.39, 0.29) is 16.9 Å². The van der Waals surface area contributed by atoms with Gasteiger partial charge in [-0.1, -0.05) is 65.7 Å². The molecule has 0 saturated carbocycles. The zero-order valence-electron chi connectivity index (χ0n) is 23.5. The molecule has 42 heavy (non-hydrogen) atoms. The molecule has 0 aliphatic rings. The predicted molar refractivity (Wildman–Crippen MR) is 161 cm³/mol. The lowest BCUT2D eigenvalue weighted by molar-refractivity contribution is -0.384. The second kappa shape index (κ2) is 11.6. The van der Waals surface area contributed by atoms with Crippen LogP contribution in [0.15, 0.2) is 84.9 Å². The number of aryl methyl sites for hydroxylation is 3. The van der Waals surface area contributed by atoms with Crippen LogP contribution in [0.3, 0.4) is 0 Å². The number of carbonyl (C=O) groups excluding carboxylic acids is 2. The number of aromatic nitrogens is 2. The highest BCUT2D eigenvalue weighted by molar-refractivity contribution is 5.99. The van der Waals surface area contributed by atoms with Crippen LogP contribution in [-0.4, -0.2) is 32.9 Å². The van der Waals surface area contributed by atoms with Gasteiger partial charge in [-0.2, -0.15) is 0 Å². The van der Waals surface area contributed by atoms with Gasteiger partial charge in [-0.25, -0.2) is 14.8 Å². The molecule has 5 aromatic rings. The number of nitrogens with zero attached hydrogens (tertiary/aromatic N) is 3. The van der Waals surface area contributed by atoms with Gasteiger partial charge in [0.15, 0.2) is 6.10 Å². The lowest BCUT2D eigenvalue weighted by Gasteiger charge is -2.15. The number of esters is 1. The Morgan fingerprint density at radius 3 is 1.93 bits per heavy atom. The van der Waals surface area contributed by atoms with Crippen molar-refractivity contribution in [1.82, 2.24) is 9.97 Å². The minimum Gasteiger partial charge on any atom is -0.449 e. The highest BCUT2D eigenvalue weighted by Gasteiger charge is 2.22. The van der Waals surface area contributed by atoms with Crippen molar-refractivity contribution < 1.29 is 19.2 Å². The molecule has 4 aromatic carbocycles. The van der Waals surface area contributed by atoms with Gasteiger partial charge >= 0.3 is 5.97 Å². The molecule has 0 fully saturated rings. The molecule has 0 aliphatic carbocycles. The van der Waals surface area contributed by atoms with E-state index in [1.807, 2.05) is 62.4 Å². The van der Waals surface area contributed by atoms with Gasteiger partial charge in [0, 0.05) is 23.3 Å². The smallest absolute Gasteiger partial charge is 0.338 e. The molecule has 9 heteroatoms. The number of ether oxygens (including phenoxy) is 1. The Hall–Kier alpha value is -5.44. The lowest BCUT2D eigenvalue weighted by atomic mass is 10.0. The molecule has 210 valence electrons. The Kier molecular flexibility index (Phi) is 7.75. The van der Waals surface area contributed by atoms with E-state index in [2.05, 4.69) is 5.32 Å². The highest BCUT2D eigenvalue weighted by Crippen LogP contribution is 2.32. The highest BCUT2D eigenvalue weighted by atomic mass is 16.6. The normalized spacial score (nSPS) is 11.6. The molecule has 0 saturated heterocycles. The maximum atomic E-state index is 13.0. The monoisotopic (exact) mass is 560 g/mol. The number of carbonyl (C=O) groups is 2. The van der Waals surface area contributed by atoms with Crippen molar-refractivity contribution >= 4 is 34.3 Å². The maximum Gasteiger partial charge on any atom is 0.338 e. The molecule has 1 heterocycles. The molecule has 0 aliphatic heterocycles. The third-order valence-electron chi connectivity index (χ3n) is 6.89. The Bertz CT molecular complexity index is 1830. The fraction of sp³-hybridized carbons (Fsp3) is 0.152. The predicted octanol–water partition coefficient (Wildman–Crippen LogP) is 6.98. The van der Waals surface area contributed by atoms with Crippen LogP contribution in [0.1, 0.15) is 34.0 Å². The first kappa shape index (κ1) is 28.1. The molecular weight excluding hydrogens is 532 g/mol. The molecule has 1 aromatic heterocycles. The Labute approximate surface area is 242 Å². The maximum absolute atomic E-state index is 13.0. The van der Waals surface area contributed by atoms with Crippen LogP contribution < -0.4 is 5.32 Å². The Morgan fingerprint density at radius 1 is 0.786 bits per heavy atom. The van der Waals surface area contributed by atoms with Crippen LogP contribution in [-0.2, 0) is 9.53 Å². The Morgan fingerprint density at radius 2 is 1.36 bits per heavy atom. The van der Waals surface area contributed by atoms with E-state index in [4.69, 9.17) is 14.7 Å². The summed E-state index contributed by atoms with van der Waals surface area (Å²) in [5, 5.41) is 13.7. The summed E-state index contributed by atoms with van der Waals surface area (Å²) in [5.74, 6) is -1.33. The van der Waals surface area contributed by atoms with Gasteiger partial charge in [0.05, 0.1) is 38.6 Å². The van der Waals surface area contributed by atoms with E-state index < -0.39 is 22.9 Å². The number of hydrogen-bond donors (Lipinski definition) is 1. The Balaban J connectivity index is 1.42. The van der Waals surface area contributed by atoms with E-state index >= 15 is 0 Å². The second-order valence-corrected chi connectivity index (χ2v) is 10.1. The first-order chi connectivity index (χ1) is 20.1. The van der Waals surface area contributed by atoms with Crippen molar-refractivity contribution in [1.29, 1.82) is 0 Å². The average molecular weight is 561 g/mol. The second-order valence-electron chi connectivity index (χ2n) is 10.1. The molecule has 1 amide bonds. The van der Waals surface area contributed by atoms with E-state index in [0.29, 0.717) is 22.3 Å². The van der Waals surface area contributed by atoms with Gasteiger partial charge in [0.25, 0.3) is 11.6 Å². The molecule has 1 N–H and O–H groups in total. The van der Waals surface area contributed by atoms with E-state index in [0.717, 1.165) is 27.9 Å². The summed E-state index contributed by atoms with van der Waals surface area (Å²) in [7, 11) is 0. The summed E-state index contributed by atoms with van der Waals surface area (Å²) in [6, 6.07) is 25.1. The molecule has 5 rings (SSSR count). The number of rotatable bonds is 7. The van der Waals surface area contributed by atoms with Crippen LogP contribution in [0.25, 0.3) is 33.5 Å². The summed E-state index contributed by atoms with van der Waals surface area (Å²) in [4.78, 5) is 46.2. The number of nitrogens with one attached hydrogen (secondary N) is 1. The minimum absolute atomic E-state index is 0.159. The van der Waals surface area contributed by atoms with Crippen LogP contribution in [0.2, 0.25) is 0 Å². The fourth-order valence-electron chi connectivity index (χ4n) is 4.38. The van der Waals surface area contributed by atoms with Crippen molar-refractivity contribution in [3.63, 3.8) is 0 Å². The van der Waals surface area contributed by atoms with Gasteiger partial charge < -0.3 is 10.1 Å². The zero-order chi connectivity index (χ0) is 30.0. The van der Waals surface area contributed by atoms with Crippen LogP contribution in [0.5, 0.6) is 0 Å². The molecule has 1 atom stereocenters. The number of anilines is 1. The molecule has 9 nitrogen and oxygen atoms in total. The first-order valence-electron chi connectivity index (χ1n) is 13.3. The van der Waals surface area contributed by atoms with Crippen LogP contribution >= 0.6 is 0 Å². The molecular formula is C33H28N4O5. The quantitative estimate of drug-likeness (QED) is 0.129. The summed E-state index contributed by atoms with van der Waals surface area (Å²) < 4.78 is 5.44. The van der Waals surface area contributed by atoms with Crippen LogP contribution in [0.4, 0.5) is 11.4 Å². The summed E-state index contributed by atoms with van der Waals surface area (Å²) in [5.41, 5.74) is 7.53. The SMILES string of the molecule is Cc1ccc(-c2nc3ccc(C(=O)OC(C)C(=O)Nc4cc([N+](=O)[O-])ccc4C)cc3nc2-c2ccc(C)cc2)cc1. The minimum atomic E-state index is -1.16. The van der Waals surface area contributed by atoms with Crippen molar-refractivity contribution in [2.75, 3.05) is 5.32 Å². The average Bonchev–Trinajstić information content (AvgIpc) is 2.98. The number of hydrogen-bond acceptors (Lipinski definition) is 7. The standard InChI is InChI=1S/C33H28N4O5/c1-19-5-10-23(11-6-19)30-31(24-12-7-20(2)8-13-24)35-29-17-25(14-16-27(29)34-30)33(39)42-22(4)32(38)36-28-18-26(37(40)41)15-9-21(28)3/h5-18,22H,1-4H3,(H,36,38). The largest absolute Gasteiger partial charge is 0.449 e. The molecule has 0 bridgehead atoms. The third kappa shape index (κ3) is 6.00. The van der Waals surface area contributed by atoms with Gasteiger partial charge in [-0.3, -0.25) is 14.9 Å². The zero-order valence-corrected chi connectivity index (χ0v) is 23.5. The van der Waals surface area contributed by atoms with Gasteiger partial charge in [-0.15, -0.1) is 0 Å². The third-order valence-corrected chi connectivity index (χ3v) is 6.89. The van der Waals surface area contributed by atoms with Crippen LogP contribution in [0, 0.1) is 30.9 Å². The van der Waals surface area contributed by atoms with Crippen molar-refractivity contribution in [3.05, 3.63) is 117 Å². The number of benzene rings is 4. The number of amides is 1.